The smallest absolute Gasteiger partial charge is 0.269 e. The van der Waals surface area contributed by atoms with Gasteiger partial charge in [-0.3, -0.25) is 14.9 Å². The maximum absolute atomic E-state index is 12.0. The van der Waals surface area contributed by atoms with Crippen LogP contribution in [0.1, 0.15) is 18.7 Å². The molecule has 0 saturated carbocycles. The predicted molar refractivity (Wildman–Crippen MR) is 91.4 cm³/mol. The zero-order valence-corrected chi connectivity index (χ0v) is 13.5. The number of carbonyl (C=O) groups is 1. The van der Waals surface area contributed by atoms with E-state index < -0.39 is 4.92 Å². The van der Waals surface area contributed by atoms with E-state index in [0.717, 1.165) is 11.0 Å². The summed E-state index contributed by atoms with van der Waals surface area (Å²) in [5.74, 6) is 0.730. The van der Waals surface area contributed by atoms with Crippen LogP contribution in [0.5, 0.6) is 5.75 Å². The number of furan rings is 1. The predicted octanol–water partition coefficient (Wildman–Crippen LogP) is 3.60. The van der Waals surface area contributed by atoms with Crippen LogP contribution in [0.3, 0.4) is 0 Å². The van der Waals surface area contributed by atoms with E-state index >= 15 is 0 Å². The number of benzene rings is 2. The fraction of sp³-hybridized carbons (Fsp3) is 0.167. The lowest BCUT2D eigenvalue weighted by atomic mass is 10.2. The molecule has 7 heteroatoms. The molecule has 128 valence electrons. The molecular weight excluding hydrogens is 324 g/mol. The average Bonchev–Trinajstić information content (AvgIpc) is 3.04. The Hall–Kier alpha value is -3.35. The summed E-state index contributed by atoms with van der Waals surface area (Å²) in [6, 6.07) is 14.7. The summed E-state index contributed by atoms with van der Waals surface area (Å²) in [7, 11) is 0. The molecule has 1 aromatic heterocycles. The molecule has 1 atom stereocenters. The zero-order valence-electron chi connectivity index (χ0n) is 13.5. The van der Waals surface area contributed by atoms with Crippen molar-refractivity contribution >= 4 is 22.6 Å². The third-order valence-electron chi connectivity index (χ3n) is 3.67. The SMILES string of the molecule is C[C@H](NC(=O)COc1ccc([N+](=O)[O-])cc1)c1cc2ccccc2o1. The standard InChI is InChI=1S/C18H16N2O5/c1-12(17-10-13-4-2-3-5-16(13)25-17)19-18(21)11-24-15-8-6-14(7-9-15)20(22)23/h2-10,12H,11H2,1H3,(H,19,21)/t12-/m0/s1. The lowest BCUT2D eigenvalue weighted by Gasteiger charge is -2.12. The number of hydrogen-bond acceptors (Lipinski definition) is 5. The monoisotopic (exact) mass is 340 g/mol. The molecule has 0 aliphatic rings. The average molecular weight is 340 g/mol. The Morgan fingerprint density at radius 2 is 1.96 bits per heavy atom. The van der Waals surface area contributed by atoms with Gasteiger partial charge in [0.05, 0.1) is 11.0 Å². The summed E-state index contributed by atoms with van der Waals surface area (Å²) >= 11 is 0. The molecule has 0 aliphatic heterocycles. The van der Waals surface area contributed by atoms with Gasteiger partial charge in [0.15, 0.2) is 6.61 Å². The number of carbonyl (C=O) groups excluding carboxylic acids is 1. The van der Waals surface area contributed by atoms with Crippen LogP contribution in [-0.2, 0) is 4.79 Å². The fourth-order valence-electron chi connectivity index (χ4n) is 2.38. The van der Waals surface area contributed by atoms with Gasteiger partial charge >= 0.3 is 0 Å². The number of ether oxygens (including phenoxy) is 1. The highest BCUT2D eigenvalue weighted by molar-refractivity contribution is 5.79. The fourth-order valence-corrected chi connectivity index (χ4v) is 2.38. The van der Waals surface area contributed by atoms with E-state index in [9.17, 15) is 14.9 Å². The summed E-state index contributed by atoms with van der Waals surface area (Å²) in [6.07, 6.45) is 0. The number of nitrogens with zero attached hydrogens (tertiary/aromatic N) is 1. The van der Waals surface area contributed by atoms with Crippen molar-refractivity contribution in [2.24, 2.45) is 0 Å². The van der Waals surface area contributed by atoms with Crippen molar-refractivity contribution in [3.8, 4) is 5.75 Å². The molecule has 0 unspecified atom stereocenters. The lowest BCUT2D eigenvalue weighted by molar-refractivity contribution is -0.384. The molecule has 0 saturated heterocycles. The quantitative estimate of drug-likeness (QED) is 0.546. The van der Waals surface area contributed by atoms with Gasteiger partial charge in [0, 0.05) is 17.5 Å². The van der Waals surface area contributed by atoms with E-state index in [1.54, 1.807) is 0 Å². The zero-order chi connectivity index (χ0) is 17.8. The Balaban J connectivity index is 1.55. The Labute approximate surface area is 143 Å². The second-order valence-corrected chi connectivity index (χ2v) is 5.52. The van der Waals surface area contributed by atoms with E-state index in [1.807, 2.05) is 37.3 Å². The first-order valence-corrected chi connectivity index (χ1v) is 7.68. The highest BCUT2D eigenvalue weighted by Gasteiger charge is 2.14. The van der Waals surface area contributed by atoms with Crippen LogP contribution >= 0.6 is 0 Å². The summed E-state index contributed by atoms with van der Waals surface area (Å²) < 4.78 is 11.0. The highest BCUT2D eigenvalue weighted by atomic mass is 16.6. The second-order valence-electron chi connectivity index (χ2n) is 5.52. The first kappa shape index (κ1) is 16.5. The van der Waals surface area contributed by atoms with Crippen LogP contribution in [0.2, 0.25) is 0 Å². The number of nitro groups is 1. The van der Waals surface area contributed by atoms with E-state index in [1.165, 1.54) is 24.3 Å². The number of hydrogen-bond donors (Lipinski definition) is 1. The van der Waals surface area contributed by atoms with E-state index in [0.29, 0.717) is 11.5 Å². The molecule has 1 amide bonds. The summed E-state index contributed by atoms with van der Waals surface area (Å²) in [4.78, 5) is 22.1. The molecule has 0 aliphatic carbocycles. The van der Waals surface area contributed by atoms with Gasteiger partial charge in [-0.15, -0.1) is 0 Å². The number of nitro benzene ring substituents is 1. The number of rotatable bonds is 6. The molecule has 0 spiro atoms. The van der Waals surface area contributed by atoms with Gasteiger partial charge in [0.1, 0.15) is 17.1 Å². The van der Waals surface area contributed by atoms with Crippen molar-refractivity contribution in [1.82, 2.24) is 5.32 Å². The summed E-state index contributed by atoms with van der Waals surface area (Å²) in [6.45, 7) is 1.63. The van der Waals surface area contributed by atoms with Crippen LogP contribution in [0.25, 0.3) is 11.0 Å². The number of amides is 1. The van der Waals surface area contributed by atoms with Crippen LogP contribution < -0.4 is 10.1 Å². The summed E-state index contributed by atoms with van der Waals surface area (Å²) in [5.41, 5.74) is 0.732. The largest absolute Gasteiger partial charge is 0.484 e. The molecule has 3 aromatic rings. The minimum Gasteiger partial charge on any atom is -0.484 e. The number of non-ortho nitro benzene ring substituents is 1. The number of nitrogens with one attached hydrogen (secondary N) is 1. The van der Waals surface area contributed by atoms with Gasteiger partial charge in [-0.1, -0.05) is 18.2 Å². The molecule has 0 bridgehead atoms. The molecular formula is C18H16N2O5. The van der Waals surface area contributed by atoms with Gasteiger partial charge in [-0.25, -0.2) is 0 Å². The van der Waals surface area contributed by atoms with Gasteiger partial charge in [0.2, 0.25) is 0 Å². The molecule has 1 heterocycles. The first-order chi connectivity index (χ1) is 12.0. The lowest BCUT2D eigenvalue weighted by Crippen LogP contribution is -2.31. The van der Waals surface area contributed by atoms with Crippen LogP contribution in [0.4, 0.5) is 5.69 Å². The maximum atomic E-state index is 12.0. The van der Waals surface area contributed by atoms with Crippen molar-refractivity contribution in [3.63, 3.8) is 0 Å². The van der Waals surface area contributed by atoms with Crippen LogP contribution in [0.15, 0.2) is 59.0 Å². The Kier molecular flexibility index (Phi) is 4.65. The van der Waals surface area contributed by atoms with Crippen molar-refractivity contribution in [2.45, 2.75) is 13.0 Å². The van der Waals surface area contributed by atoms with Crippen molar-refractivity contribution in [1.29, 1.82) is 0 Å². The maximum Gasteiger partial charge on any atom is 0.269 e. The molecule has 3 rings (SSSR count). The molecule has 1 N–H and O–H groups in total. The van der Waals surface area contributed by atoms with Gasteiger partial charge in [-0.2, -0.15) is 0 Å². The highest BCUT2D eigenvalue weighted by Crippen LogP contribution is 2.23. The first-order valence-electron chi connectivity index (χ1n) is 7.68. The third-order valence-corrected chi connectivity index (χ3v) is 3.67. The van der Waals surface area contributed by atoms with Gasteiger partial charge < -0.3 is 14.5 Å². The molecule has 2 aromatic carbocycles. The van der Waals surface area contributed by atoms with E-state index in [2.05, 4.69) is 5.32 Å². The Morgan fingerprint density at radius 1 is 1.24 bits per heavy atom. The van der Waals surface area contributed by atoms with E-state index in [4.69, 9.17) is 9.15 Å². The molecule has 25 heavy (non-hydrogen) atoms. The van der Waals surface area contributed by atoms with Crippen LogP contribution in [0, 0.1) is 10.1 Å². The number of para-hydroxylation sites is 1. The van der Waals surface area contributed by atoms with E-state index in [-0.39, 0.29) is 24.2 Å². The van der Waals surface area contributed by atoms with Gasteiger partial charge in [-0.05, 0) is 31.2 Å². The minimum atomic E-state index is -0.495. The van der Waals surface area contributed by atoms with Crippen LogP contribution in [-0.4, -0.2) is 17.4 Å². The van der Waals surface area contributed by atoms with Crippen molar-refractivity contribution in [3.05, 3.63) is 70.5 Å². The minimum absolute atomic E-state index is 0.0321. The van der Waals surface area contributed by atoms with Crippen molar-refractivity contribution < 1.29 is 18.9 Å². The van der Waals surface area contributed by atoms with Gasteiger partial charge in [0.25, 0.3) is 11.6 Å². The molecule has 0 radical (unpaired) electrons. The summed E-state index contributed by atoms with van der Waals surface area (Å²) in [5, 5.41) is 14.4. The Bertz CT molecular complexity index is 868. The second kappa shape index (κ2) is 7.04. The molecule has 0 fully saturated rings. The third kappa shape index (κ3) is 3.95. The molecule has 7 nitrogen and oxygen atoms in total. The van der Waals surface area contributed by atoms with Crippen molar-refractivity contribution in [2.75, 3.05) is 6.61 Å². The Morgan fingerprint density at radius 3 is 2.64 bits per heavy atom. The normalized spacial score (nSPS) is 11.9. The topological polar surface area (TPSA) is 94.6 Å². The number of fused-ring (bicyclic) bond motifs is 1.